The van der Waals surface area contributed by atoms with Crippen LogP contribution in [-0.2, 0) is 6.54 Å². The Morgan fingerprint density at radius 3 is 2.58 bits per heavy atom. The number of benzene rings is 2. The van der Waals surface area contributed by atoms with E-state index in [-0.39, 0.29) is 5.91 Å². The van der Waals surface area contributed by atoms with Crippen LogP contribution in [0.15, 0.2) is 54.6 Å². The Bertz CT molecular complexity index is 872. The van der Waals surface area contributed by atoms with Crippen LogP contribution in [0.3, 0.4) is 0 Å². The molecule has 0 aliphatic heterocycles. The molecule has 24 heavy (non-hydrogen) atoms. The lowest BCUT2D eigenvalue weighted by atomic mass is 10.2. The SMILES string of the molecule is Cc1cccc(NC(=O)c2c(C)nn(Cc3ccccc3)c2Cl)c1. The molecule has 5 heteroatoms. The first-order chi connectivity index (χ1) is 11.5. The molecule has 0 bridgehead atoms. The van der Waals surface area contributed by atoms with Crippen LogP contribution in [0.4, 0.5) is 5.69 Å². The fourth-order valence-electron chi connectivity index (χ4n) is 2.59. The second-order valence-electron chi connectivity index (χ2n) is 5.72. The van der Waals surface area contributed by atoms with Gasteiger partial charge in [-0.25, -0.2) is 4.68 Å². The van der Waals surface area contributed by atoms with Gasteiger partial charge in [0, 0.05) is 5.69 Å². The van der Waals surface area contributed by atoms with Gasteiger partial charge in [-0.3, -0.25) is 4.79 Å². The van der Waals surface area contributed by atoms with Crippen LogP contribution in [-0.4, -0.2) is 15.7 Å². The largest absolute Gasteiger partial charge is 0.322 e. The molecule has 122 valence electrons. The van der Waals surface area contributed by atoms with Gasteiger partial charge in [0.2, 0.25) is 0 Å². The highest BCUT2D eigenvalue weighted by Crippen LogP contribution is 2.22. The minimum absolute atomic E-state index is 0.248. The average molecular weight is 340 g/mol. The number of nitrogens with zero attached hydrogens (tertiary/aromatic N) is 2. The third kappa shape index (κ3) is 3.49. The van der Waals surface area contributed by atoms with Gasteiger partial charge in [0.15, 0.2) is 0 Å². The number of hydrogen-bond donors (Lipinski definition) is 1. The zero-order valence-corrected chi connectivity index (χ0v) is 14.3. The van der Waals surface area contributed by atoms with Crippen molar-refractivity contribution in [2.75, 3.05) is 5.32 Å². The zero-order valence-electron chi connectivity index (χ0n) is 13.6. The molecule has 0 saturated carbocycles. The second kappa shape index (κ2) is 6.89. The number of amides is 1. The smallest absolute Gasteiger partial charge is 0.260 e. The first-order valence-corrected chi connectivity index (χ1v) is 8.07. The van der Waals surface area contributed by atoms with Gasteiger partial charge in [-0.15, -0.1) is 0 Å². The van der Waals surface area contributed by atoms with Crippen molar-refractivity contribution in [2.24, 2.45) is 0 Å². The minimum atomic E-state index is -0.248. The summed E-state index contributed by atoms with van der Waals surface area (Å²) in [7, 11) is 0. The zero-order chi connectivity index (χ0) is 17.1. The predicted octanol–water partition coefficient (Wildman–Crippen LogP) is 4.45. The van der Waals surface area contributed by atoms with E-state index in [1.807, 2.05) is 61.5 Å². The summed E-state index contributed by atoms with van der Waals surface area (Å²) in [6.07, 6.45) is 0. The molecule has 0 aliphatic rings. The van der Waals surface area contributed by atoms with Gasteiger partial charge < -0.3 is 5.32 Å². The molecule has 3 rings (SSSR count). The third-order valence-corrected chi connectivity index (χ3v) is 4.13. The topological polar surface area (TPSA) is 46.9 Å². The number of hydrogen-bond acceptors (Lipinski definition) is 2. The van der Waals surface area contributed by atoms with Gasteiger partial charge in [0.25, 0.3) is 5.91 Å². The molecule has 0 fully saturated rings. The van der Waals surface area contributed by atoms with Crippen molar-refractivity contribution >= 4 is 23.2 Å². The maximum absolute atomic E-state index is 12.6. The summed E-state index contributed by atoms with van der Waals surface area (Å²) in [5.41, 5.74) is 3.92. The lowest BCUT2D eigenvalue weighted by Gasteiger charge is -2.06. The number of halogens is 1. The minimum Gasteiger partial charge on any atom is -0.322 e. The molecule has 0 saturated heterocycles. The first-order valence-electron chi connectivity index (χ1n) is 7.69. The summed E-state index contributed by atoms with van der Waals surface area (Å²) in [6, 6.07) is 17.5. The van der Waals surface area contributed by atoms with Crippen molar-refractivity contribution in [1.29, 1.82) is 0 Å². The van der Waals surface area contributed by atoms with E-state index in [0.717, 1.165) is 16.8 Å². The Balaban J connectivity index is 1.84. The number of anilines is 1. The van der Waals surface area contributed by atoms with Crippen molar-refractivity contribution in [3.05, 3.63) is 82.1 Å². The van der Waals surface area contributed by atoms with Crippen molar-refractivity contribution in [3.8, 4) is 0 Å². The number of rotatable bonds is 4. The van der Waals surface area contributed by atoms with E-state index in [2.05, 4.69) is 10.4 Å². The van der Waals surface area contributed by atoms with E-state index < -0.39 is 0 Å². The highest BCUT2D eigenvalue weighted by atomic mass is 35.5. The van der Waals surface area contributed by atoms with Crippen LogP contribution in [0.2, 0.25) is 5.15 Å². The van der Waals surface area contributed by atoms with E-state index >= 15 is 0 Å². The standard InChI is InChI=1S/C19H18ClN3O/c1-13-7-6-10-16(11-13)21-19(24)17-14(2)22-23(18(17)20)12-15-8-4-3-5-9-15/h3-11H,12H2,1-2H3,(H,21,24). The summed E-state index contributed by atoms with van der Waals surface area (Å²) in [4.78, 5) is 12.6. The maximum Gasteiger partial charge on any atom is 0.260 e. The Kier molecular flexibility index (Phi) is 4.67. The number of carbonyl (C=O) groups is 1. The lowest BCUT2D eigenvalue weighted by molar-refractivity contribution is 0.102. The predicted molar refractivity (Wildman–Crippen MR) is 96.7 cm³/mol. The van der Waals surface area contributed by atoms with E-state index in [1.54, 1.807) is 11.6 Å². The van der Waals surface area contributed by atoms with Crippen LogP contribution in [0.1, 0.15) is 27.2 Å². The van der Waals surface area contributed by atoms with Crippen LogP contribution in [0, 0.1) is 13.8 Å². The van der Waals surface area contributed by atoms with Gasteiger partial charge in [-0.1, -0.05) is 54.1 Å². The third-order valence-electron chi connectivity index (χ3n) is 3.74. The van der Waals surface area contributed by atoms with E-state index in [0.29, 0.717) is 23.0 Å². The van der Waals surface area contributed by atoms with Crippen molar-refractivity contribution < 1.29 is 4.79 Å². The Hall–Kier alpha value is -2.59. The molecular weight excluding hydrogens is 322 g/mol. The Labute approximate surface area is 146 Å². The number of aromatic nitrogens is 2. The molecule has 0 unspecified atom stereocenters. The molecular formula is C19H18ClN3O. The molecule has 1 N–H and O–H groups in total. The molecule has 4 nitrogen and oxygen atoms in total. The number of carbonyl (C=O) groups excluding carboxylic acids is 1. The lowest BCUT2D eigenvalue weighted by Crippen LogP contribution is -2.13. The average Bonchev–Trinajstić information content (AvgIpc) is 2.82. The van der Waals surface area contributed by atoms with Crippen LogP contribution in [0.5, 0.6) is 0 Å². The second-order valence-corrected chi connectivity index (χ2v) is 6.08. The first kappa shape index (κ1) is 16.3. The van der Waals surface area contributed by atoms with E-state index in [4.69, 9.17) is 11.6 Å². The number of nitrogens with one attached hydrogen (secondary N) is 1. The molecule has 0 spiro atoms. The number of aryl methyl sites for hydroxylation is 2. The maximum atomic E-state index is 12.6. The van der Waals surface area contributed by atoms with Gasteiger partial charge in [-0.2, -0.15) is 5.10 Å². The molecule has 2 aromatic carbocycles. The van der Waals surface area contributed by atoms with Crippen molar-refractivity contribution in [1.82, 2.24) is 9.78 Å². The molecule has 0 atom stereocenters. The van der Waals surface area contributed by atoms with Crippen molar-refractivity contribution in [2.45, 2.75) is 20.4 Å². The summed E-state index contributed by atoms with van der Waals surface area (Å²) in [5, 5.41) is 7.64. The summed E-state index contributed by atoms with van der Waals surface area (Å²) in [5.74, 6) is -0.248. The van der Waals surface area contributed by atoms with E-state index in [9.17, 15) is 4.79 Å². The van der Waals surface area contributed by atoms with Crippen LogP contribution in [0.25, 0.3) is 0 Å². The molecule has 3 aromatic rings. The van der Waals surface area contributed by atoms with Gasteiger partial charge in [0.1, 0.15) is 5.15 Å². The summed E-state index contributed by atoms with van der Waals surface area (Å²) < 4.78 is 1.65. The molecule has 0 aliphatic carbocycles. The normalized spacial score (nSPS) is 10.6. The monoisotopic (exact) mass is 339 g/mol. The molecule has 1 aromatic heterocycles. The van der Waals surface area contributed by atoms with Crippen molar-refractivity contribution in [3.63, 3.8) is 0 Å². The van der Waals surface area contributed by atoms with Crippen LogP contribution >= 0.6 is 11.6 Å². The van der Waals surface area contributed by atoms with Crippen LogP contribution < -0.4 is 5.32 Å². The molecule has 1 amide bonds. The fourth-order valence-corrected chi connectivity index (χ4v) is 2.91. The summed E-state index contributed by atoms with van der Waals surface area (Å²) >= 11 is 6.41. The Morgan fingerprint density at radius 2 is 1.88 bits per heavy atom. The highest BCUT2D eigenvalue weighted by Gasteiger charge is 2.20. The molecule has 1 heterocycles. The van der Waals surface area contributed by atoms with Gasteiger partial charge in [-0.05, 0) is 37.1 Å². The molecule has 0 radical (unpaired) electrons. The van der Waals surface area contributed by atoms with Gasteiger partial charge >= 0.3 is 0 Å². The quantitative estimate of drug-likeness (QED) is 0.763. The Morgan fingerprint density at radius 1 is 1.12 bits per heavy atom. The van der Waals surface area contributed by atoms with Gasteiger partial charge in [0.05, 0.1) is 17.8 Å². The highest BCUT2D eigenvalue weighted by molar-refractivity contribution is 6.33. The fraction of sp³-hybridized carbons (Fsp3) is 0.158. The van der Waals surface area contributed by atoms with E-state index in [1.165, 1.54) is 0 Å². The summed E-state index contributed by atoms with van der Waals surface area (Å²) in [6.45, 7) is 4.29.